The molecule has 30 heavy (non-hydrogen) atoms. The molecule has 0 bridgehead atoms. The second-order valence-electron chi connectivity index (χ2n) is 8.04. The van der Waals surface area contributed by atoms with Crippen LogP contribution in [0.3, 0.4) is 0 Å². The number of nitrogens with zero attached hydrogens (tertiary/aromatic N) is 2. The summed E-state index contributed by atoms with van der Waals surface area (Å²) in [6.07, 6.45) is 1.81. The average molecular weight is 408 g/mol. The molecular formula is C24H29N3O3. The largest absolute Gasteiger partial charge is 0.449 e. The highest BCUT2D eigenvalue weighted by Gasteiger charge is 2.51. The van der Waals surface area contributed by atoms with E-state index < -0.39 is 5.54 Å². The lowest BCUT2D eigenvalue weighted by atomic mass is 9.86. The van der Waals surface area contributed by atoms with Crippen molar-refractivity contribution in [3.63, 3.8) is 0 Å². The topological polar surface area (TPSA) is 61.9 Å². The number of para-hydroxylation sites is 1. The Kier molecular flexibility index (Phi) is 5.93. The SMILES string of the molecule is CCC(COC(=O)N1CCC2(CC1)C(=O)NCN2c1ccccc1)c1ccccc1. The zero-order chi connectivity index (χ0) is 21.0. The Labute approximate surface area is 177 Å². The Hall–Kier alpha value is -3.02. The van der Waals surface area contributed by atoms with Gasteiger partial charge in [0.2, 0.25) is 5.91 Å². The maximum absolute atomic E-state index is 12.7. The first-order valence-electron chi connectivity index (χ1n) is 10.7. The van der Waals surface area contributed by atoms with Crippen LogP contribution in [0.5, 0.6) is 0 Å². The summed E-state index contributed by atoms with van der Waals surface area (Å²) in [6, 6.07) is 20.1. The molecule has 1 unspecified atom stereocenters. The number of hydrogen-bond acceptors (Lipinski definition) is 4. The minimum absolute atomic E-state index is 0.0505. The van der Waals surface area contributed by atoms with Crippen LogP contribution < -0.4 is 10.2 Å². The fraction of sp³-hybridized carbons (Fsp3) is 0.417. The summed E-state index contributed by atoms with van der Waals surface area (Å²) in [6.45, 7) is 4.00. The Morgan fingerprint density at radius 3 is 2.33 bits per heavy atom. The van der Waals surface area contributed by atoms with Crippen LogP contribution in [0.1, 0.15) is 37.7 Å². The number of likely N-dealkylation sites (tertiary alicyclic amines) is 1. The van der Waals surface area contributed by atoms with E-state index in [1.807, 2.05) is 48.5 Å². The van der Waals surface area contributed by atoms with Crippen molar-refractivity contribution in [2.24, 2.45) is 0 Å². The summed E-state index contributed by atoms with van der Waals surface area (Å²) in [5.41, 5.74) is 1.63. The first-order chi connectivity index (χ1) is 14.6. The number of rotatable bonds is 5. The molecule has 6 nitrogen and oxygen atoms in total. The Morgan fingerprint density at radius 2 is 1.70 bits per heavy atom. The van der Waals surface area contributed by atoms with Crippen molar-refractivity contribution in [1.82, 2.24) is 10.2 Å². The number of carbonyl (C=O) groups is 2. The van der Waals surface area contributed by atoms with E-state index in [-0.39, 0.29) is 17.9 Å². The highest BCUT2D eigenvalue weighted by Crippen LogP contribution is 2.36. The summed E-state index contributed by atoms with van der Waals surface area (Å²) in [5.74, 6) is 0.245. The van der Waals surface area contributed by atoms with Gasteiger partial charge in [0.1, 0.15) is 12.1 Å². The number of ether oxygens (including phenoxy) is 1. The summed E-state index contributed by atoms with van der Waals surface area (Å²) in [7, 11) is 0. The van der Waals surface area contributed by atoms with Gasteiger partial charge >= 0.3 is 6.09 Å². The number of anilines is 1. The van der Waals surface area contributed by atoms with Gasteiger partial charge in [-0.1, -0.05) is 55.5 Å². The van der Waals surface area contributed by atoms with Crippen molar-refractivity contribution in [2.75, 3.05) is 31.3 Å². The lowest BCUT2D eigenvalue weighted by Gasteiger charge is -2.43. The molecule has 4 rings (SSSR count). The van der Waals surface area contributed by atoms with Crippen LogP contribution in [0.25, 0.3) is 0 Å². The van der Waals surface area contributed by atoms with Gasteiger partial charge < -0.3 is 19.9 Å². The van der Waals surface area contributed by atoms with Crippen LogP contribution in [0, 0.1) is 0 Å². The smallest absolute Gasteiger partial charge is 0.409 e. The molecule has 2 aromatic carbocycles. The van der Waals surface area contributed by atoms with Gasteiger partial charge in [0.05, 0.1) is 6.67 Å². The second-order valence-corrected chi connectivity index (χ2v) is 8.04. The first-order valence-corrected chi connectivity index (χ1v) is 10.7. The molecule has 158 valence electrons. The fourth-order valence-corrected chi connectivity index (χ4v) is 4.53. The van der Waals surface area contributed by atoms with Crippen LogP contribution in [-0.2, 0) is 9.53 Å². The molecule has 2 aromatic rings. The van der Waals surface area contributed by atoms with Gasteiger partial charge in [-0.2, -0.15) is 0 Å². The predicted octanol–water partition coefficient (Wildman–Crippen LogP) is 3.75. The van der Waals surface area contributed by atoms with E-state index in [0.717, 1.165) is 12.1 Å². The molecule has 1 atom stereocenters. The molecule has 2 saturated heterocycles. The van der Waals surface area contributed by atoms with E-state index in [4.69, 9.17) is 4.74 Å². The molecule has 2 fully saturated rings. The lowest BCUT2D eigenvalue weighted by molar-refractivity contribution is -0.125. The van der Waals surface area contributed by atoms with Gasteiger partial charge in [-0.15, -0.1) is 0 Å². The maximum Gasteiger partial charge on any atom is 0.409 e. The van der Waals surface area contributed by atoms with Crippen molar-refractivity contribution < 1.29 is 14.3 Å². The number of nitrogens with one attached hydrogen (secondary N) is 1. The third kappa shape index (κ3) is 3.86. The van der Waals surface area contributed by atoms with Crippen LogP contribution >= 0.6 is 0 Å². The van der Waals surface area contributed by atoms with E-state index >= 15 is 0 Å². The number of carbonyl (C=O) groups excluding carboxylic acids is 2. The fourth-order valence-electron chi connectivity index (χ4n) is 4.53. The highest BCUT2D eigenvalue weighted by atomic mass is 16.6. The zero-order valence-electron chi connectivity index (χ0n) is 17.4. The van der Waals surface area contributed by atoms with Crippen molar-refractivity contribution in [3.05, 3.63) is 66.2 Å². The molecule has 1 N–H and O–H groups in total. The van der Waals surface area contributed by atoms with E-state index in [2.05, 4.69) is 29.3 Å². The molecule has 2 aliphatic heterocycles. The van der Waals surface area contributed by atoms with Gasteiger partial charge in [0.25, 0.3) is 0 Å². The lowest BCUT2D eigenvalue weighted by Crippen LogP contribution is -2.57. The molecular weight excluding hydrogens is 378 g/mol. The van der Waals surface area contributed by atoms with E-state index in [0.29, 0.717) is 39.2 Å². The summed E-state index contributed by atoms with van der Waals surface area (Å²) in [4.78, 5) is 29.3. The third-order valence-corrected chi connectivity index (χ3v) is 6.43. The molecule has 1 spiro atoms. The van der Waals surface area contributed by atoms with Gasteiger partial charge in [0, 0.05) is 24.7 Å². The van der Waals surface area contributed by atoms with Crippen LogP contribution in [0.4, 0.5) is 10.5 Å². The molecule has 2 amide bonds. The van der Waals surface area contributed by atoms with Gasteiger partial charge in [-0.25, -0.2) is 4.79 Å². The van der Waals surface area contributed by atoms with Gasteiger partial charge in [0.15, 0.2) is 0 Å². The molecule has 0 aromatic heterocycles. The van der Waals surface area contributed by atoms with Crippen LogP contribution in [0.15, 0.2) is 60.7 Å². The van der Waals surface area contributed by atoms with E-state index in [1.165, 1.54) is 5.56 Å². The molecule has 2 heterocycles. The zero-order valence-corrected chi connectivity index (χ0v) is 17.4. The standard InChI is InChI=1S/C24H29N3O3/c1-2-19(20-9-5-3-6-10-20)17-30-23(29)26-15-13-24(14-16-26)22(28)25-18-27(24)21-11-7-4-8-12-21/h3-12,19H,2,13-18H2,1H3,(H,25,28). The number of benzene rings is 2. The molecule has 0 aliphatic carbocycles. The molecule has 6 heteroatoms. The first kappa shape index (κ1) is 20.3. The third-order valence-electron chi connectivity index (χ3n) is 6.43. The summed E-state index contributed by atoms with van der Waals surface area (Å²) < 4.78 is 5.65. The minimum Gasteiger partial charge on any atom is -0.449 e. The van der Waals surface area contributed by atoms with Crippen LogP contribution in [0.2, 0.25) is 0 Å². The minimum atomic E-state index is -0.589. The molecule has 0 radical (unpaired) electrons. The maximum atomic E-state index is 12.7. The molecule has 2 aliphatic rings. The van der Waals surface area contributed by atoms with E-state index in [9.17, 15) is 9.59 Å². The number of amides is 2. The normalized spacial score (nSPS) is 18.9. The summed E-state index contributed by atoms with van der Waals surface area (Å²) in [5, 5.41) is 2.99. The highest BCUT2D eigenvalue weighted by molar-refractivity contribution is 5.93. The Morgan fingerprint density at radius 1 is 1.07 bits per heavy atom. The Bertz CT molecular complexity index is 864. The van der Waals surface area contributed by atoms with Crippen molar-refractivity contribution >= 4 is 17.7 Å². The predicted molar refractivity (Wildman–Crippen MR) is 116 cm³/mol. The quantitative estimate of drug-likeness (QED) is 0.820. The van der Waals surface area contributed by atoms with Crippen molar-refractivity contribution in [3.8, 4) is 0 Å². The van der Waals surface area contributed by atoms with Crippen LogP contribution in [-0.4, -0.2) is 48.8 Å². The van der Waals surface area contributed by atoms with E-state index in [1.54, 1.807) is 4.90 Å². The van der Waals surface area contributed by atoms with Gasteiger partial charge in [-0.3, -0.25) is 4.79 Å². The monoisotopic (exact) mass is 407 g/mol. The Balaban J connectivity index is 1.36. The van der Waals surface area contributed by atoms with Crippen molar-refractivity contribution in [1.29, 1.82) is 0 Å². The molecule has 0 saturated carbocycles. The van der Waals surface area contributed by atoms with Gasteiger partial charge in [-0.05, 0) is 37.0 Å². The average Bonchev–Trinajstić information content (AvgIpc) is 3.11. The second kappa shape index (κ2) is 8.78. The number of piperidine rings is 1. The number of hydrogen-bond donors (Lipinski definition) is 1. The van der Waals surface area contributed by atoms with Crippen molar-refractivity contribution in [2.45, 2.75) is 37.6 Å². The summed E-state index contributed by atoms with van der Waals surface area (Å²) >= 11 is 0.